The summed E-state index contributed by atoms with van der Waals surface area (Å²) in [5.41, 5.74) is 0.978. The average Bonchev–Trinajstić information content (AvgIpc) is 2.78. The molecule has 1 aromatic heterocycles. The Morgan fingerprint density at radius 1 is 1.68 bits per heavy atom. The topological polar surface area (TPSA) is 112 Å². The molecule has 1 aromatic rings. The first-order valence-electron chi connectivity index (χ1n) is 5.78. The zero-order chi connectivity index (χ0) is 13.1. The number of nitrogens with one attached hydrogen (secondary N) is 1. The third kappa shape index (κ3) is 3.15. The fraction of sp³-hybridized carbons (Fsp3) is 0.455. The minimum absolute atomic E-state index is 0. The minimum Gasteiger partial charge on any atom is -0.466 e. The monoisotopic (exact) mass is 267 g/mol. The molecule has 4 N–H and O–H groups in total. The maximum Gasteiger partial charge on any atom is 0.328 e. The van der Waals surface area contributed by atoms with Gasteiger partial charge in [-0.3, -0.25) is 9.59 Å². The summed E-state index contributed by atoms with van der Waals surface area (Å²) in [6, 6.07) is 1.40. The van der Waals surface area contributed by atoms with E-state index in [-0.39, 0.29) is 29.8 Å². The van der Waals surface area contributed by atoms with Gasteiger partial charge in [0.05, 0.1) is 19.1 Å². The second-order valence-electron chi connectivity index (χ2n) is 4.07. The van der Waals surface area contributed by atoms with Crippen LogP contribution in [0.25, 0.3) is 0 Å². The molecule has 0 aromatic carbocycles. The Bertz CT molecular complexity index is 474. The lowest BCUT2D eigenvalue weighted by Gasteiger charge is -2.25. The van der Waals surface area contributed by atoms with Crippen molar-refractivity contribution < 1.29 is 24.8 Å². The standard InChI is InChI=1S/C11H14BN2O4.H2O/c1-2-18-10(15)4-8-5-13-11(16)9-3-7(12-17)6-14(8)9;/h3,6,8,17H,2,4-5H2,1H3,(H,13,16);1H2. The van der Waals surface area contributed by atoms with Gasteiger partial charge >= 0.3 is 13.5 Å². The Labute approximate surface area is 111 Å². The van der Waals surface area contributed by atoms with Crippen molar-refractivity contribution in [3.8, 4) is 0 Å². The third-order valence-electron chi connectivity index (χ3n) is 2.85. The Hall–Kier alpha value is -1.80. The van der Waals surface area contributed by atoms with Crippen LogP contribution in [0.15, 0.2) is 12.3 Å². The van der Waals surface area contributed by atoms with Crippen LogP contribution in [-0.2, 0) is 9.53 Å². The highest BCUT2D eigenvalue weighted by Crippen LogP contribution is 2.18. The summed E-state index contributed by atoms with van der Waals surface area (Å²) in [4.78, 5) is 23.1. The summed E-state index contributed by atoms with van der Waals surface area (Å²) in [5.74, 6) is -0.504. The van der Waals surface area contributed by atoms with E-state index in [1.807, 2.05) is 0 Å². The molecule has 1 unspecified atom stereocenters. The number of rotatable bonds is 4. The molecule has 2 heterocycles. The van der Waals surface area contributed by atoms with Crippen molar-refractivity contribution in [2.75, 3.05) is 13.2 Å². The molecule has 1 aliphatic heterocycles. The number of esters is 1. The molecular formula is C11H16BN2O5. The van der Waals surface area contributed by atoms with Crippen LogP contribution in [0, 0.1) is 0 Å². The first-order chi connectivity index (χ1) is 8.65. The van der Waals surface area contributed by atoms with E-state index in [4.69, 9.17) is 9.76 Å². The number of carbonyl (C=O) groups is 2. The highest BCUT2D eigenvalue weighted by Gasteiger charge is 2.27. The second kappa shape index (κ2) is 6.39. The van der Waals surface area contributed by atoms with Crippen molar-refractivity contribution >= 4 is 24.8 Å². The van der Waals surface area contributed by atoms with E-state index in [0.717, 1.165) is 7.48 Å². The minimum atomic E-state index is -0.298. The van der Waals surface area contributed by atoms with Gasteiger partial charge in [-0.15, -0.1) is 0 Å². The molecule has 103 valence electrons. The maximum absolute atomic E-state index is 11.6. The lowest BCUT2D eigenvalue weighted by atomic mass is 9.92. The van der Waals surface area contributed by atoms with Gasteiger partial charge in [0.2, 0.25) is 0 Å². The van der Waals surface area contributed by atoms with Crippen LogP contribution in [0.2, 0.25) is 0 Å². The first kappa shape index (κ1) is 15.3. The number of ether oxygens (including phenoxy) is 1. The Balaban J connectivity index is 0.00000180. The first-order valence-corrected chi connectivity index (χ1v) is 5.78. The number of fused-ring (bicyclic) bond motifs is 1. The van der Waals surface area contributed by atoms with Crippen molar-refractivity contribution in [3.05, 3.63) is 18.0 Å². The van der Waals surface area contributed by atoms with Gasteiger partial charge < -0.3 is 25.1 Å². The molecule has 0 saturated heterocycles. The van der Waals surface area contributed by atoms with E-state index in [1.54, 1.807) is 23.8 Å². The molecule has 2 rings (SSSR count). The molecular weight excluding hydrogens is 251 g/mol. The maximum atomic E-state index is 11.6. The van der Waals surface area contributed by atoms with Gasteiger partial charge in [-0.25, -0.2) is 0 Å². The van der Waals surface area contributed by atoms with Gasteiger partial charge in [-0.2, -0.15) is 0 Å². The summed E-state index contributed by atoms with van der Waals surface area (Å²) in [6.45, 7) is 2.47. The molecule has 0 aliphatic carbocycles. The van der Waals surface area contributed by atoms with Gasteiger partial charge in [0.15, 0.2) is 0 Å². The van der Waals surface area contributed by atoms with Crippen LogP contribution < -0.4 is 10.8 Å². The van der Waals surface area contributed by atoms with Gasteiger partial charge in [0, 0.05) is 12.7 Å². The van der Waals surface area contributed by atoms with Crippen molar-refractivity contribution in [2.24, 2.45) is 0 Å². The normalized spacial score (nSPS) is 16.9. The Morgan fingerprint density at radius 2 is 2.42 bits per heavy atom. The van der Waals surface area contributed by atoms with E-state index >= 15 is 0 Å². The predicted molar refractivity (Wildman–Crippen MR) is 68.3 cm³/mol. The fourth-order valence-corrected chi connectivity index (χ4v) is 2.04. The van der Waals surface area contributed by atoms with Crippen LogP contribution in [-0.4, -0.2) is 47.6 Å². The van der Waals surface area contributed by atoms with E-state index in [1.165, 1.54) is 0 Å². The summed E-state index contributed by atoms with van der Waals surface area (Å²) < 4.78 is 6.60. The zero-order valence-electron chi connectivity index (χ0n) is 10.5. The van der Waals surface area contributed by atoms with Crippen LogP contribution in [0.3, 0.4) is 0 Å². The summed E-state index contributed by atoms with van der Waals surface area (Å²) >= 11 is 0. The number of amides is 1. The fourth-order valence-electron chi connectivity index (χ4n) is 2.04. The molecule has 1 radical (unpaired) electrons. The molecule has 8 heteroatoms. The lowest BCUT2D eigenvalue weighted by Crippen LogP contribution is -2.39. The number of carbonyl (C=O) groups excluding carboxylic acids is 2. The van der Waals surface area contributed by atoms with Crippen LogP contribution in [0.5, 0.6) is 0 Å². The van der Waals surface area contributed by atoms with Crippen molar-refractivity contribution in [1.29, 1.82) is 0 Å². The van der Waals surface area contributed by atoms with Gasteiger partial charge in [-0.05, 0) is 18.5 Å². The lowest BCUT2D eigenvalue weighted by molar-refractivity contribution is -0.144. The highest BCUT2D eigenvalue weighted by atomic mass is 16.5. The van der Waals surface area contributed by atoms with Gasteiger partial charge in [0.1, 0.15) is 5.69 Å². The molecule has 19 heavy (non-hydrogen) atoms. The molecule has 0 bridgehead atoms. The molecule has 1 aliphatic rings. The predicted octanol–water partition coefficient (Wildman–Crippen LogP) is -1.86. The van der Waals surface area contributed by atoms with Crippen LogP contribution in [0.1, 0.15) is 29.9 Å². The Kier molecular flexibility index (Phi) is 5.14. The highest BCUT2D eigenvalue weighted by molar-refractivity contribution is 6.45. The number of hydrogen-bond donors (Lipinski definition) is 2. The summed E-state index contributed by atoms with van der Waals surface area (Å²) in [7, 11) is 0.931. The zero-order valence-corrected chi connectivity index (χ0v) is 10.5. The second-order valence-corrected chi connectivity index (χ2v) is 4.07. The average molecular weight is 267 g/mol. The van der Waals surface area contributed by atoms with Crippen LogP contribution >= 0.6 is 0 Å². The molecule has 1 atom stereocenters. The van der Waals surface area contributed by atoms with Crippen molar-refractivity contribution in [3.63, 3.8) is 0 Å². The van der Waals surface area contributed by atoms with Crippen LogP contribution in [0.4, 0.5) is 0 Å². The van der Waals surface area contributed by atoms with E-state index in [9.17, 15) is 9.59 Å². The Morgan fingerprint density at radius 3 is 3.05 bits per heavy atom. The summed E-state index contributed by atoms with van der Waals surface area (Å²) in [5, 5.41) is 11.7. The largest absolute Gasteiger partial charge is 0.466 e. The molecule has 0 fully saturated rings. The number of nitrogens with zero attached hydrogens (tertiary/aromatic N) is 1. The SMILES string of the molecule is CCOC(=O)CC1CNC(=O)c2cc([B]O)cn21.O. The third-order valence-corrected chi connectivity index (χ3v) is 2.85. The van der Waals surface area contributed by atoms with E-state index < -0.39 is 0 Å². The number of aromatic nitrogens is 1. The van der Waals surface area contributed by atoms with E-state index in [0.29, 0.717) is 24.3 Å². The quantitative estimate of drug-likeness (QED) is 0.492. The van der Waals surface area contributed by atoms with Crippen molar-refractivity contribution in [2.45, 2.75) is 19.4 Å². The summed E-state index contributed by atoms with van der Waals surface area (Å²) in [6.07, 6.45) is 1.85. The smallest absolute Gasteiger partial charge is 0.328 e. The molecule has 1 amide bonds. The van der Waals surface area contributed by atoms with E-state index in [2.05, 4.69) is 5.32 Å². The molecule has 0 spiro atoms. The van der Waals surface area contributed by atoms with Gasteiger partial charge in [-0.1, -0.05) is 0 Å². The number of hydrogen-bond acceptors (Lipinski definition) is 4. The molecule has 7 nitrogen and oxygen atoms in total. The van der Waals surface area contributed by atoms with Gasteiger partial charge in [0.25, 0.3) is 5.91 Å². The molecule has 0 saturated carbocycles. The van der Waals surface area contributed by atoms with Crippen molar-refractivity contribution in [1.82, 2.24) is 9.88 Å².